The molecule has 1 aliphatic carbocycles. The molecule has 1 aliphatic rings. The fourth-order valence-electron chi connectivity index (χ4n) is 3.00. The van der Waals surface area contributed by atoms with E-state index < -0.39 is 0 Å². The van der Waals surface area contributed by atoms with Crippen LogP contribution in [-0.2, 0) is 0 Å². The molecule has 0 heteroatoms. The summed E-state index contributed by atoms with van der Waals surface area (Å²) in [4.78, 5) is 0. The lowest BCUT2D eigenvalue weighted by atomic mass is 9.49. The first-order chi connectivity index (χ1) is 6.41. The van der Waals surface area contributed by atoms with Crippen LogP contribution in [0.1, 0.15) is 54.4 Å². The maximum Gasteiger partial charge on any atom is -0.0148 e. The predicted octanol–water partition coefficient (Wildman–Crippen LogP) is 4.66. The van der Waals surface area contributed by atoms with Crippen LogP contribution in [0.5, 0.6) is 0 Å². The molecule has 0 spiro atoms. The highest BCUT2D eigenvalue weighted by molar-refractivity contribution is 5.13. The van der Waals surface area contributed by atoms with E-state index >= 15 is 0 Å². The van der Waals surface area contributed by atoms with Gasteiger partial charge < -0.3 is 0 Å². The molecule has 0 aromatic heterocycles. The summed E-state index contributed by atoms with van der Waals surface area (Å²) in [7, 11) is 0. The number of hydrogen-bond donors (Lipinski definition) is 0. The van der Waals surface area contributed by atoms with Crippen LogP contribution in [-0.4, -0.2) is 0 Å². The Morgan fingerprint density at radius 2 is 1.86 bits per heavy atom. The molecule has 0 saturated heterocycles. The Morgan fingerprint density at radius 3 is 2.29 bits per heavy atom. The summed E-state index contributed by atoms with van der Waals surface area (Å²) in [5.74, 6) is 2.55. The summed E-state index contributed by atoms with van der Waals surface area (Å²) < 4.78 is 0. The van der Waals surface area contributed by atoms with Gasteiger partial charge in [0.1, 0.15) is 0 Å². The molecule has 0 N–H and O–H groups in total. The number of hydrogen-bond acceptors (Lipinski definition) is 0. The normalized spacial score (nSPS) is 36.7. The topological polar surface area (TPSA) is 0 Å². The minimum absolute atomic E-state index is 0.522. The highest BCUT2D eigenvalue weighted by Crippen LogP contribution is 2.56. The van der Waals surface area contributed by atoms with Crippen molar-refractivity contribution in [2.75, 3.05) is 0 Å². The third kappa shape index (κ3) is 1.89. The van der Waals surface area contributed by atoms with Crippen molar-refractivity contribution in [2.24, 2.45) is 23.2 Å². The Labute approximate surface area is 89.8 Å². The molecule has 0 aromatic carbocycles. The van der Waals surface area contributed by atoms with Gasteiger partial charge in [-0.15, -0.1) is 0 Å². The van der Waals surface area contributed by atoms with Gasteiger partial charge in [0, 0.05) is 0 Å². The molecule has 1 saturated carbocycles. The minimum Gasteiger partial charge on any atom is -0.0817 e. The maximum absolute atomic E-state index is 2.54. The lowest BCUT2D eigenvalue weighted by Gasteiger charge is -2.55. The molecular weight excluding hydrogens is 168 g/mol. The molecule has 82 valence electrons. The second-order valence-electron chi connectivity index (χ2n) is 5.76. The largest absolute Gasteiger partial charge is 0.0817 e. The van der Waals surface area contributed by atoms with E-state index in [1.807, 2.05) is 0 Å². The summed E-state index contributed by atoms with van der Waals surface area (Å²) in [5.41, 5.74) is 2.11. The molecule has 1 rings (SSSR count). The van der Waals surface area contributed by atoms with Crippen LogP contribution in [0.2, 0.25) is 0 Å². The van der Waals surface area contributed by atoms with Gasteiger partial charge in [-0.05, 0) is 36.5 Å². The van der Waals surface area contributed by atoms with Crippen molar-refractivity contribution in [1.29, 1.82) is 0 Å². The minimum atomic E-state index is 0.522. The van der Waals surface area contributed by atoms with Crippen molar-refractivity contribution < 1.29 is 0 Å². The third-order valence-corrected chi connectivity index (χ3v) is 4.50. The molecule has 1 fully saturated rings. The van der Waals surface area contributed by atoms with Crippen molar-refractivity contribution in [3.8, 4) is 0 Å². The Morgan fingerprint density at radius 1 is 1.29 bits per heavy atom. The zero-order valence-electron chi connectivity index (χ0n) is 10.7. The predicted molar refractivity (Wildman–Crippen MR) is 64.3 cm³/mol. The quantitative estimate of drug-likeness (QED) is 0.573. The van der Waals surface area contributed by atoms with Crippen molar-refractivity contribution in [1.82, 2.24) is 0 Å². The Bertz CT molecular complexity index is 222. The van der Waals surface area contributed by atoms with Crippen LogP contribution >= 0.6 is 0 Å². The average Bonchev–Trinajstić information content (AvgIpc) is 2.13. The van der Waals surface area contributed by atoms with E-state index in [0.717, 1.165) is 17.8 Å². The van der Waals surface area contributed by atoms with Gasteiger partial charge in [-0.25, -0.2) is 0 Å². The van der Waals surface area contributed by atoms with E-state index in [-0.39, 0.29) is 0 Å². The lowest BCUT2D eigenvalue weighted by molar-refractivity contribution is -0.0465. The first-order valence-electron chi connectivity index (χ1n) is 6.08. The third-order valence-electron chi connectivity index (χ3n) is 4.50. The standard InChI is InChI=1S/C14H26/c1-7-8-10(2)9-13-11(3)12(4)14(13,5)6/h9,11-13H,7-8H2,1-6H3. The molecule has 0 radical (unpaired) electrons. The maximum atomic E-state index is 2.54. The number of allylic oxidation sites excluding steroid dienone is 2. The molecule has 0 amide bonds. The fraction of sp³-hybridized carbons (Fsp3) is 0.857. The van der Waals surface area contributed by atoms with Gasteiger partial charge in [0.15, 0.2) is 0 Å². The monoisotopic (exact) mass is 194 g/mol. The van der Waals surface area contributed by atoms with E-state index in [1.54, 1.807) is 5.57 Å². The average molecular weight is 194 g/mol. The van der Waals surface area contributed by atoms with Crippen molar-refractivity contribution in [2.45, 2.75) is 54.4 Å². The summed E-state index contributed by atoms with van der Waals surface area (Å²) in [6.07, 6.45) is 5.08. The van der Waals surface area contributed by atoms with Crippen LogP contribution in [0.3, 0.4) is 0 Å². The van der Waals surface area contributed by atoms with Gasteiger partial charge in [0.05, 0.1) is 0 Å². The molecule has 0 heterocycles. The van der Waals surface area contributed by atoms with Gasteiger partial charge in [0.25, 0.3) is 0 Å². The highest BCUT2D eigenvalue weighted by Gasteiger charge is 2.49. The van der Waals surface area contributed by atoms with Crippen molar-refractivity contribution >= 4 is 0 Å². The van der Waals surface area contributed by atoms with Crippen LogP contribution in [0, 0.1) is 23.2 Å². The Balaban J connectivity index is 2.66. The lowest BCUT2D eigenvalue weighted by Crippen LogP contribution is -2.49. The van der Waals surface area contributed by atoms with Crippen molar-refractivity contribution in [3.05, 3.63) is 11.6 Å². The molecular formula is C14H26. The summed E-state index contributed by atoms with van der Waals surface area (Å²) in [5, 5.41) is 0. The molecule has 3 unspecified atom stereocenters. The molecule has 0 bridgehead atoms. The van der Waals surface area contributed by atoms with Crippen LogP contribution in [0.25, 0.3) is 0 Å². The summed E-state index contributed by atoms with van der Waals surface area (Å²) in [6, 6.07) is 0. The van der Waals surface area contributed by atoms with Crippen LogP contribution in [0.4, 0.5) is 0 Å². The first kappa shape index (κ1) is 11.8. The number of rotatable bonds is 3. The van der Waals surface area contributed by atoms with Gasteiger partial charge >= 0.3 is 0 Å². The van der Waals surface area contributed by atoms with E-state index in [0.29, 0.717) is 5.41 Å². The van der Waals surface area contributed by atoms with E-state index in [2.05, 4.69) is 47.6 Å². The Kier molecular flexibility index (Phi) is 3.44. The Hall–Kier alpha value is -0.260. The molecule has 14 heavy (non-hydrogen) atoms. The van der Waals surface area contributed by atoms with Crippen LogP contribution < -0.4 is 0 Å². The molecule has 0 aromatic rings. The molecule has 0 nitrogen and oxygen atoms in total. The van der Waals surface area contributed by atoms with Gasteiger partial charge in [-0.1, -0.05) is 52.7 Å². The van der Waals surface area contributed by atoms with Gasteiger partial charge in [-0.2, -0.15) is 0 Å². The smallest absolute Gasteiger partial charge is 0.0148 e. The van der Waals surface area contributed by atoms with Crippen molar-refractivity contribution in [3.63, 3.8) is 0 Å². The molecule has 3 atom stereocenters. The zero-order chi connectivity index (χ0) is 10.9. The second-order valence-corrected chi connectivity index (χ2v) is 5.76. The SMILES string of the molecule is CCCC(C)=CC1C(C)C(C)C1(C)C. The summed E-state index contributed by atoms with van der Waals surface area (Å²) in [6.45, 7) is 14.2. The highest BCUT2D eigenvalue weighted by atomic mass is 14.5. The summed E-state index contributed by atoms with van der Waals surface area (Å²) >= 11 is 0. The zero-order valence-corrected chi connectivity index (χ0v) is 10.7. The molecule has 0 aliphatic heterocycles. The van der Waals surface area contributed by atoms with Crippen LogP contribution in [0.15, 0.2) is 11.6 Å². The van der Waals surface area contributed by atoms with Gasteiger partial charge in [0.2, 0.25) is 0 Å². The first-order valence-corrected chi connectivity index (χ1v) is 6.08. The van der Waals surface area contributed by atoms with E-state index in [1.165, 1.54) is 12.8 Å². The fourth-order valence-corrected chi connectivity index (χ4v) is 3.00. The van der Waals surface area contributed by atoms with Gasteiger partial charge in [-0.3, -0.25) is 0 Å². The van der Waals surface area contributed by atoms with E-state index in [4.69, 9.17) is 0 Å². The second kappa shape index (κ2) is 4.08. The van der Waals surface area contributed by atoms with E-state index in [9.17, 15) is 0 Å².